The first-order chi connectivity index (χ1) is 10.2. The van der Waals surface area contributed by atoms with Crippen molar-refractivity contribution in [1.29, 1.82) is 0 Å². The lowest BCUT2D eigenvalue weighted by Crippen LogP contribution is -1.92. The number of aromatic nitrogens is 1. The van der Waals surface area contributed by atoms with Gasteiger partial charge in [0.15, 0.2) is 5.78 Å². The van der Waals surface area contributed by atoms with Gasteiger partial charge in [-0.15, -0.1) is 0 Å². The highest BCUT2D eigenvalue weighted by Gasteiger charge is 2.22. The van der Waals surface area contributed by atoms with E-state index in [9.17, 15) is 4.79 Å². The van der Waals surface area contributed by atoms with Gasteiger partial charge in [0.2, 0.25) is 0 Å². The van der Waals surface area contributed by atoms with E-state index in [0.717, 1.165) is 28.6 Å². The van der Waals surface area contributed by atoms with Crippen molar-refractivity contribution in [3.8, 4) is 11.1 Å². The molecule has 0 N–H and O–H groups in total. The van der Waals surface area contributed by atoms with Crippen LogP contribution in [0, 0.1) is 6.92 Å². The largest absolute Gasteiger partial charge is 0.294 e. The highest BCUT2D eigenvalue weighted by Crippen LogP contribution is 2.33. The van der Waals surface area contributed by atoms with Crippen molar-refractivity contribution >= 4 is 16.7 Å². The molecular weight excluding hydrogens is 258 g/mol. The summed E-state index contributed by atoms with van der Waals surface area (Å²) in [7, 11) is 0. The van der Waals surface area contributed by atoms with Crippen molar-refractivity contribution in [3.63, 3.8) is 0 Å². The standard InChI is InChI=1S/C19H15NO/c1-12-5-6-14-11-13(7-9-18(14)20-12)15-3-2-4-17-16(15)8-10-19(17)21/h2-7,9,11H,8,10H2,1H3. The minimum absolute atomic E-state index is 0.268. The summed E-state index contributed by atoms with van der Waals surface area (Å²) in [5, 5.41) is 1.14. The van der Waals surface area contributed by atoms with Gasteiger partial charge in [-0.05, 0) is 48.2 Å². The van der Waals surface area contributed by atoms with Crippen molar-refractivity contribution in [2.75, 3.05) is 0 Å². The molecule has 1 heterocycles. The van der Waals surface area contributed by atoms with Crippen LogP contribution in [0.2, 0.25) is 0 Å². The fraction of sp³-hybridized carbons (Fsp3) is 0.158. The zero-order valence-electron chi connectivity index (χ0n) is 11.9. The maximum atomic E-state index is 11.9. The fourth-order valence-electron chi connectivity index (χ4n) is 3.16. The van der Waals surface area contributed by atoms with Crippen LogP contribution in [-0.4, -0.2) is 10.8 Å². The van der Waals surface area contributed by atoms with E-state index in [1.807, 2.05) is 25.1 Å². The summed E-state index contributed by atoms with van der Waals surface area (Å²) in [5.41, 5.74) is 6.49. The second-order valence-corrected chi connectivity index (χ2v) is 5.61. The lowest BCUT2D eigenvalue weighted by molar-refractivity contribution is 0.0994. The molecule has 0 bridgehead atoms. The first kappa shape index (κ1) is 12.3. The van der Waals surface area contributed by atoms with E-state index in [1.54, 1.807) is 0 Å². The monoisotopic (exact) mass is 273 g/mol. The molecule has 21 heavy (non-hydrogen) atoms. The van der Waals surface area contributed by atoms with Gasteiger partial charge in [-0.3, -0.25) is 9.78 Å². The van der Waals surface area contributed by atoms with Gasteiger partial charge in [0.25, 0.3) is 0 Å². The Balaban J connectivity index is 1.91. The molecule has 3 aromatic rings. The molecule has 0 radical (unpaired) electrons. The Kier molecular flexibility index (Phi) is 2.64. The molecule has 2 nitrogen and oxygen atoms in total. The average molecular weight is 273 g/mol. The van der Waals surface area contributed by atoms with Crippen LogP contribution in [0.25, 0.3) is 22.0 Å². The number of fused-ring (bicyclic) bond motifs is 2. The van der Waals surface area contributed by atoms with Crippen molar-refractivity contribution < 1.29 is 4.79 Å². The van der Waals surface area contributed by atoms with Crippen LogP contribution in [0.5, 0.6) is 0 Å². The Hall–Kier alpha value is -2.48. The van der Waals surface area contributed by atoms with Gasteiger partial charge in [0, 0.05) is 23.1 Å². The molecule has 1 aliphatic rings. The molecule has 1 aromatic heterocycles. The summed E-state index contributed by atoms with van der Waals surface area (Å²) in [6.07, 6.45) is 1.50. The predicted octanol–water partition coefficient (Wildman–Crippen LogP) is 4.34. The Morgan fingerprint density at radius 3 is 2.71 bits per heavy atom. The average Bonchev–Trinajstić information content (AvgIpc) is 2.88. The third kappa shape index (κ3) is 1.95. The summed E-state index contributed by atoms with van der Waals surface area (Å²) in [6.45, 7) is 2.00. The number of ketones is 1. The summed E-state index contributed by atoms with van der Waals surface area (Å²) in [5.74, 6) is 0.268. The summed E-state index contributed by atoms with van der Waals surface area (Å²) < 4.78 is 0. The van der Waals surface area contributed by atoms with Crippen LogP contribution in [0.3, 0.4) is 0 Å². The smallest absolute Gasteiger partial charge is 0.163 e. The third-order valence-electron chi connectivity index (χ3n) is 4.22. The van der Waals surface area contributed by atoms with Gasteiger partial charge in [-0.2, -0.15) is 0 Å². The normalized spacial score (nSPS) is 13.7. The number of hydrogen-bond donors (Lipinski definition) is 0. The zero-order chi connectivity index (χ0) is 14.4. The maximum Gasteiger partial charge on any atom is 0.163 e. The number of carbonyl (C=O) groups is 1. The lowest BCUT2D eigenvalue weighted by Gasteiger charge is -2.09. The Bertz CT molecular complexity index is 880. The molecule has 0 fully saturated rings. The van der Waals surface area contributed by atoms with Crippen LogP contribution in [0.15, 0.2) is 48.5 Å². The number of aryl methyl sites for hydroxylation is 1. The van der Waals surface area contributed by atoms with E-state index < -0.39 is 0 Å². The highest BCUT2D eigenvalue weighted by molar-refractivity contribution is 6.02. The minimum Gasteiger partial charge on any atom is -0.294 e. The van der Waals surface area contributed by atoms with Crippen LogP contribution in [0.1, 0.15) is 28.0 Å². The Morgan fingerprint density at radius 2 is 1.81 bits per heavy atom. The summed E-state index contributed by atoms with van der Waals surface area (Å²) in [6, 6.07) is 16.5. The molecule has 0 atom stereocenters. The number of pyridine rings is 1. The second kappa shape index (κ2) is 4.52. The van der Waals surface area contributed by atoms with Gasteiger partial charge in [-0.25, -0.2) is 0 Å². The van der Waals surface area contributed by atoms with Crippen LogP contribution >= 0.6 is 0 Å². The lowest BCUT2D eigenvalue weighted by atomic mass is 9.96. The number of carbonyl (C=O) groups excluding carboxylic acids is 1. The molecule has 0 spiro atoms. The third-order valence-corrected chi connectivity index (χ3v) is 4.22. The number of Topliss-reactive ketones (excluding diaryl/α,β-unsaturated/α-hetero) is 1. The molecule has 2 aromatic carbocycles. The van der Waals surface area contributed by atoms with E-state index in [2.05, 4.69) is 35.3 Å². The predicted molar refractivity (Wildman–Crippen MR) is 84.6 cm³/mol. The number of nitrogens with zero attached hydrogens (tertiary/aromatic N) is 1. The molecule has 0 unspecified atom stereocenters. The fourth-order valence-corrected chi connectivity index (χ4v) is 3.16. The van der Waals surface area contributed by atoms with Crippen LogP contribution in [0.4, 0.5) is 0 Å². The minimum atomic E-state index is 0.268. The molecule has 102 valence electrons. The van der Waals surface area contributed by atoms with Crippen LogP contribution < -0.4 is 0 Å². The Labute approximate surface area is 123 Å². The van der Waals surface area contributed by atoms with E-state index in [4.69, 9.17) is 0 Å². The molecule has 0 saturated heterocycles. The molecule has 0 saturated carbocycles. The molecule has 4 rings (SSSR count). The first-order valence-electron chi connectivity index (χ1n) is 7.25. The van der Waals surface area contributed by atoms with Crippen molar-refractivity contribution in [1.82, 2.24) is 4.98 Å². The van der Waals surface area contributed by atoms with E-state index in [0.29, 0.717) is 6.42 Å². The van der Waals surface area contributed by atoms with Crippen molar-refractivity contribution in [2.24, 2.45) is 0 Å². The SMILES string of the molecule is Cc1ccc2cc(-c3cccc4c3CCC4=O)ccc2n1. The molecule has 0 aliphatic heterocycles. The molecule has 0 amide bonds. The quantitative estimate of drug-likeness (QED) is 0.660. The van der Waals surface area contributed by atoms with Crippen molar-refractivity contribution in [2.45, 2.75) is 19.8 Å². The summed E-state index contributed by atoms with van der Waals surface area (Å²) in [4.78, 5) is 16.4. The van der Waals surface area contributed by atoms with Crippen molar-refractivity contribution in [3.05, 3.63) is 65.4 Å². The molecular formula is C19H15NO. The van der Waals surface area contributed by atoms with E-state index in [1.165, 1.54) is 16.7 Å². The summed E-state index contributed by atoms with van der Waals surface area (Å²) >= 11 is 0. The van der Waals surface area contributed by atoms with Gasteiger partial charge < -0.3 is 0 Å². The zero-order valence-corrected chi connectivity index (χ0v) is 11.9. The second-order valence-electron chi connectivity index (χ2n) is 5.61. The number of hydrogen-bond acceptors (Lipinski definition) is 2. The molecule has 2 heteroatoms. The highest BCUT2D eigenvalue weighted by atomic mass is 16.1. The first-order valence-corrected chi connectivity index (χ1v) is 7.25. The number of benzene rings is 2. The van der Waals surface area contributed by atoms with Gasteiger partial charge in [0.1, 0.15) is 0 Å². The van der Waals surface area contributed by atoms with Crippen LogP contribution in [-0.2, 0) is 6.42 Å². The Morgan fingerprint density at radius 1 is 0.952 bits per heavy atom. The van der Waals surface area contributed by atoms with E-state index in [-0.39, 0.29) is 5.78 Å². The number of rotatable bonds is 1. The van der Waals surface area contributed by atoms with Gasteiger partial charge in [0.05, 0.1) is 5.52 Å². The molecule has 1 aliphatic carbocycles. The topological polar surface area (TPSA) is 30.0 Å². The van der Waals surface area contributed by atoms with E-state index >= 15 is 0 Å². The van der Waals surface area contributed by atoms with Gasteiger partial charge >= 0.3 is 0 Å². The van der Waals surface area contributed by atoms with Gasteiger partial charge in [-0.1, -0.05) is 30.3 Å². The maximum absolute atomic E-state index is 11.9.